The average molecular weight is 518 g/mol. The van der Waals surface area contributed by atoms with Crippen LogP contribution in [0.4, 0.5) is 0 Å². The molecule has 0 fully saturated rings. The molecule has 4 rings (SSSR count). The van der Waals surface area contributed by atoms with Crippen molar-refractivity contribution in [1.82, 2.24) is 4.98 Å². The molecular weight excluding hydrogens is 486 g/mol. The maximum atomic E-state index is 12.5. The van der Waals surface area contributed by atoms with Crippen molar-refractivity contribution in [2.45, 2.75) is 50.3 Å². The number of unbranched alkanes of at least 4 members (excludes halogenated alkanes) is 1. The molecule has 3 nitrogen and oxygen atoms in total. The molecular formula is C30H32BrNO2. The van der Waals surface area contributed by atoms with Crippen LogP contribution in [0.1, 0.15) is 45.6 Å². The molecule has 1 unspecified atom stereocenters. The zero-order valence-corrected chi connectivity index (χ0v) is 21.7. The third kappa shape index (κ3) is 5.28. The van der Waals surface area contributed by atoms with Crippen molar-refractivity contribution in [1.29, 1.82) is 0 Å². The summed E-state index contributed by atoms with van der Waals surface area (Å²) in [5.74, 6) is -0.180. The van der Waals surface area contributed by atoms with Gasteiger partial charge in [0.25, 0.3) is 0 Å². The highest BCUT2D eigenvalue weighted by Crippen LogP contribution is 2.41. The van der Waals surface area contributed by atoms with Gasteiger partial charge >= 0.3 is 5.97 Å². The highest BCUT2D eigenvalue weighted by molar-refractivity contribution is 9.10. The molecule has 0 aliphatic carbocycles. The van der Waals surface area contributed by atoms with Gasteiger partial charge < -0.3 is 9.72 Å². The fourth-order valence-corrected chi connectivity index (χ4v) is 5.34. The van der Waals surface area contributed by atoms with Gasteiger partial charge in [-0.25, -0.2) is 0 Å². The van der Waals surface area contributed by atoms with E-state index in [-0.39, 0.29) is 16.2 Å². The van der Waals surface area contributed by atoms with Gasteiger partial charge in [-0.3, -0.25) is 4.79 Å². The third-order valence-electron chi connectivity index (χ3n) is 6.39. The number of hydrogen-bond donors (Lipinski definition) is 1. The Morgan fingerprint density at radius 2 is 1.62 bits per heavy atom. The number of H-pyrrole nitrogens is 1. The minimum atomic E-state index is -0.338. The second-order valence-corrected chi connectivity index (χ2v) is 10.5. The summed E-state index contributed by atoms with van der Waals surface area (Å²) in [6, 6.07) is 27.6. The Balaban J connectivity index is 1.72. The molecule has 0 bridgehead atoms. The Labute approximate surface area is 210 Å². The topological polar surface area (TPSA) is 42.1 Å². The molecule has 3 aromatic carbocycles. The normalized spacial score (nSPS) is 12.6. The molecule has 4 aromatic rings. The maximum Gasteiger partial charge on any atom is 0.319 e. The second-order valence-electron chi connectivity index (χ2n) is 9.44. The van der Waals surface area contributed by atoms with Crippen molar-refractivity contribution in [3.05, 3.63) is 84.4 Å². The van der Waals surface area contributed by atoms with E-state index in [4.69, 9.17) is 4.74 Å². The zero-order chi connectivity index (χ0) is 24.1. The van der Waals surface area contributed by atoms with E-state index >= 15 is 0 Å². The monoisotopic (exact) mass is 517 g/mol. The maximum absolute atomic E-state index is 12.5. The number of esters is 1. The Morgan fingerprint density at radius 1 is 0.971 bits per heavy atom. The van der Waals surface area contributed by atoms with Gasteiger partial charge in [-0.15, -0.1) is 0 Å². The van der Waals surface area contributed by atoms with E-state index in [1.165, 1.54) is 22.1 Å². The largest absolute Gasteiger partial charge is 0.465 e. The smallest absolute Gasteiger partial charge is 0.319 e. The molecule has 1 heterocycles. The van der Waals surface area contributed by atoms with Crippen molar-refractivity contribution in [2.75, 3.05) is 6.61 Å². The van der Waals surface area contributed by atoms with Crippen LogP contribution in [0.25, 0.3) is 33.3 Å². The lowest BCUT2D eigenvalue weighted by atomic mass is 9.79. The van der Waals surface area contributed by atoms with Crippen LogP contribution in [0.15, 0.2) is 78.9 Å². The summed E-state index contributed by atoms with van der Waals surface area (Å²) in [4.78, 5) is 15.8. The Kier molecular flexibility index (Phi) is 7.57. The lowest BCUT2D eigenvalue weighted by molar-refractivity contribution is -0.143. The number of hydrogen-bond acceptors (Lipinski definition) is 2. The fraction of sp³-hybridized carbons (Fsp3) is 0.300. The molecule has 0 aliphatic heterocycles. The zero-order valence-electron chi connectivity index (χ0n) is 20.1. The molecule has 34 heavy (non-hydrogen) atoms. The van der Waals surface area contributed by atoms with Gasteiger partial charge in [-0.1, -0.05) is 110 Å². The first-order valence-corrected chi connectivity index (χ1v) is 12.9. The predicted octanol–water partition coefficient (Wildman–Crippen LogP) is 8.28. The summed E-state index contributed by atoms with van der Waals surface area (Å²) in [6.45, 7) is 6.95. The van der Waals surface area contributed by atoms with Crippen LogP contribution in [-0.4, -0.2) is 22.4 Å². The lowest BCUT2D eigenvalue weighted by Crippen LogP contribution is -2.28. The number of carbonyl (C=O) groups excluding carboxylic acids is 1. The number of nitrogens with one attached hydrogen (secondary N) is 1. The molecule has 1 aromatic heterocycles. The van der Waals surface area contributed by atoms with Crippen LogP contribution >= 0.6 is 15.9 Å². The van der Waals surface area contributed by atoms with E-state index in [0.29, 0.717) is 13.0 Å². The first-order chi connectivity index (χ1) is 16.4. The van der Waals surface area contributed by atoms with Crippen LogP contribution < -0.4 is 0 Å². The molecule has 1 atom stereocenters. The van der Waals surface area contributed by atoms with Crippen LogP contribution in [-0.2, 0) is 14.9 Å². The quantitative estimate of drug-likeness (QED) is 0.138. The van der Waals surface area contributed by atoms with E-state index < -0.39 is 0 Å². The molecule has 0 spiro atoms. The molecule has 1 N–H and O–H groups in total. The van der Waals surface area contributed by atoms with Crippen molar-refractivity contribution < 1.29 is 9.53 Å². The number of alkyl halides is 1. The number of carbonyl (C=O) groups is 1. The lowest BCUT2D eigenvalue weighted by Gasteiger charge is -2.27. The molecule has 176 valence electrons. The summed E-state index contributed by atoms with van der Waals surface area (Å²) in [5.41, 5.74) is 6.75. The van der Waals surface area contributed by atoms with Gasteiger partial charge in [0.15, 0.2) is 0 Å². The molecule has 4 heteroatoms. The van der Waals surface area contributed by atoms with Crippen LogP contribution in [0, 0.1) is 0 Å². The third-order valence-corrected chi connectivity index (χ3v) is 7.09. The first kappa shape index (κ1) is 24.3. The van der Waals surface area contributed by atoms with E-state index in [1.54, 1.807) is 0 Å². The van der Waals surface area contributed by atoms with E-state index in [2.05, 4.69) is 108 Å². The molecule has 0 aliphatic rings. The number of aromatic nitrogens is 1. The van der Waals surface area contributed by atoms with Gasteiger partial charge in [0.05, 0.1) is 12.3 Å². The van der Waals surface area contributed by atoms with E-state index in [9.17, 15) is 4.79 Å². The fourth-order valence-electron chi connectivity index (χ4n) is 4.40. The minimum Gasteiger partial charge on any atom is -0.465 e. The number of aromatic amines is 1. The average Bonchev–Trinajstić information content (AvgIpc) is 3.24. The highest BCUT2D eigenvalue weighted by atomic mass is 79.9. The van der Waals surface area contributed by atoms with E-state index in [0.717, 1.165) is 29.6 Å². The van der Waals surface area contributed by atoms with Crippen molar-refractivity contribution in [3.63, 3.8) is 0 Å². The molecule has 0 saturated carbocycles. The summed E-state index contributed by atoms with van der Waals surface area (Å²) in [5, 5.41) is 1.19. The minimum absolute atomic E-state index is 0.180. The molecule has 0 saturated heterocycles. The summed E-state index contributed by atoms with van der Waals surface area (Å²) in [6.07, 6.45) is 2.56. The van der Waals surface area contributed by atoms with Crippen molar-refractivity contribution in [3.8, 4) is 22.4 Å². The first-order valence-electron chi connectivity index (χ1n) is 12.0. The van der Waals surface area contributed by atoms with Gasteiger partial charge in [0, 0.05) is 16.5 Å². The van der Waals surface area contributed by atoms with Crippen LogP contribution in [0.2, 0.25) is 0 Å². The predicted molar refractivity (Wildman–Crippen MR) is 145 cm³/mol. The van der Waals surface area contributed by atoms with E-state index in [1.807, 2.05) is 12.1 Å². The standard InChI is InChI=1S/C30H32BrNO2/c1-4-5-18-34-29(33)25(31)20-30(2,3)23-16-17-26-24(19-23)27(21-12-8-6-9-13-21)28(32-26)22-14-10-7-11-15-22/h6-17,19,25,32H,4-5,18,20H2,1-3H3. The number of benzene rings is 3. The number of ether oxygens (including phenoxy) is 1. The molecule has 0 radical (unpaired) electrons. The van der Waals surface area contributed by atoms with Gasteiger partial charge in [-0.05, 0) is 47.1 Å². The van der Waals surface area contributed by atoms with Crippen molar-refractivity contribution >= 4 is 32.8 Å². The van der Waals surface area contributed by atoms with Crippen LogP contribution in [0.3, 0.4) is 0 Å². The second kappa shape index (κ2) is 10.6. The summed E-state index contributed by atoms with van der Waals surface area (Å²) < 4.78 is 5.43. The number of rotatable bonds is 9. The van der Waals surface area contributed by atoms with Crippen molar-refractivity contribution in [2.24, 2.45) is 0 Å². The van der Waals surface area contributed by atoms with Gasteiger partial charge in [0.2, 0.25) is 0 Å². The molecule has 0 amide bonds. The summed E-state index contributed by atoms with van der Waals surface area (Å²) >= 11 is 3.58. The number of halogens is 1. The van der Waals surface area contributed by atoms with Crippen LogP contribution in [0.5, 0.6) is 0 Å². The Morgan fingerprint density at radius 3 is 2.26 bits per heavy atom. The Hall–Kier alpha value is -2.85. The van der Waals surface area contributed by atoms with Gasteiger partial charge in [0.1, 0.15) is 4.83 Å². The SMILES string of the molecule is CCCCOC(=O)C(Br)CC(C)(C)c1ccc2[nH]c(-c3ccccc3)c(-c3ccccc3)c2c1. The summed E-state index contributed by atoms with van der Waals surface area (Å²) in [7, 11) is 0. The van der Waals surface area contributed by atoms with Gasteiger partial charge in [-0.2, -0.15) is 0 Å². The highest BCUT2D eigenvalue weighted by Gasteiger charge is 2.29. The number of fused-ring (bicyclic) bond motifs is 1. The Bertz CT molecular complexity index is 1250.